The minimum atomic E-state index is -0.0528. The van der Waals surface area contributed by atoms with Gasteiger partial charge >= 0.3 is 0 Å². The Morgan fingerprint density at radius 3 is 3.00 bits per heavy atom. The third kappa shape index (κ3) is 5.06. The van der Waals surface area contributed by atoms with E-state index in [-0.39, 0.29) is 24.2 Å². The lowest BCUT2D eigenvalue weighted by Crippen LogP contribution is -2.29. The van der Waals surface area contributed by atoms with Crippen molar-refractivity contribution in [3.8, 4) is 0 Å². The van der Waals surface area contributed by atoms with Crippen LogP contribution in [0.2, 0.25) is 0 Å². The summed E-state index contributed by atoms with van der Waals surface area (Å²) >= 11 is 5.06. The van der Waals surface area contributed by atoms with E-state index in [2.05, 4.69) is 26.6 Å². The average molecular weight is 368 g/mol. The minimum absolute atomic E-state index is 0. The van der Waals surface area contributed by atoms with Gasteiger partial charge in [-0.2, -0.15) is 0 Å². The molecule has 1 amide bonds. The Bertz CT molecular complexity index is 407. The van der Waals surface area contributed by atoms with Crippen LogP contribution in [0, 0.1) is 5.92 Å². The number of nitrogens with one attached hydrogen (secondary N) is 2. The van der Waals surface area contributed by atoms with Gasteiger partial charge in [-0.25, -0.2) is 0 Å². The summed E-state index contributed by atoms with van der Waals surface area (Å²) in [6.45, 7) is 4.98. The van der Waals surface area contributed by atoms with Crippen molar-refractivity contribution >= 4 is 45.6 Å². The largest absolute Gasteiger partial charge is 0.356 e. The Labute approximate surface area is 133 Å². The number of rotatable bonds is 5. The zero-order valence-electron chi connectivity index (χ0n) is 10.9. The van der Waals surface area contributed by atoms with Crippen LogP contribution in [0.15, 0.2) is 15.9 Å². The van der Waals surface area contributed by atoms with E-state index in [1.54, 1.807) is 11.3 Å². The van der Waals surface area contributed by atoms with E-state index in [0.29, 0.717) is 0 Å². The summed E-state index contributed by atoms with van der Waals surface area (Å²) in [6, 6.07) is 4.01. The van der Waals surface area contributed by atoms with Crippen LogP contribution in [-0.4, -0.2) is 25.5 Å². The predicted octanol–water partition coefficient (Wildman–Crippen LogP) is 3.15. The molecule has 2 heterocycles. The molecule has 0 spiro atoms. The highest BCUT2D eigenvalue weighted by Crippen LogP contribution is 2.28. The summed E-state index contributed by atoms with van der Waals surface area (Å²) in [5, 5.41) is 6.39. The SMILES string of the molecule is CC(C(=O)NCCC1CCNC1)c1ccc(Br)s1.Cl. The van der Waals surface area contributed by atoms with E-state index < -0.39 is 0 Å². The van der Waals surface area contributed by atoms with Crippen LogP contribution in [0.5, 0.6) is 0 Å². The number of halogens is 2. The molecule has 2 atom stereocenters. The summed E-state index contributed by atoms with van der Waals surface area (Å²) in [5.41, 5.74) is 0. The zero-order chi connectivity index (χ0) is 13.0. The van der Waals surface area contributed by atoms with E-state index in [1.807, 2.05) is 19.1 Å². The number of amides is 1. The molecule has 6 heteroatoms. The molecule has 2 unspecified atom stereocenters. The fourth-order valence-corrected chi connectivity index (χ4v) is 3.68. The highest BCUT2D eigenvalue weighted by Gasteiger charge is 2.18. The summed E-state index contributed by atoms with van der Waals surface area (Å²) in [7, 11) is 0. The predicted molar refractivity (Wildman–Crippen MR) is 86.3 cm³/mol. The summed E-state index contributed by atoms with van der Waals surface area (Å²) in [6.07, 6.45) is 2.32. The zero-order valence-corrected chi connectivity index (χ0v) is 14.2. The molecule has 1 aliphatic rings. The second-order valence-corrected chi connectivity index (χ2v) is 7.30. The normalized spacial score (nSPS) is 19.8. The first-order valence-corrected chi connectivity index (χ1v) is 8.01. The summed E-state index contributed by atoms with van der Waals surface area (Å²) in [5.74, 6) is 0.815. The van der Waals surface area contributed by atoms with Crippen molar-refractivity contribution < 1.29 is 4.79 Å². The summed E-state index contributed by atoms with van der Waals surface area (Å²) in [4.78, 5) is 13.1. The molecular formula is C13H20BrClN2OS. The molecular weight excluding hydrogens is 348 g/mol. The topological polar surface area (TPSA) is 41.1 Å². The first kappa shape index (κ1) is 17.0. The second kappa shape index (κ2) is 8.25. The molecule has 0 aromatic carbocycles. The van der Waals surface area contributed by atoms with Gasteiger partial charge in [0.25, 0.3) is 0 Å². The van der Waals surface area contributed by atoms with Gasteiger partial charge in [-0.15, -0.1) is 23.7 Å². The van der Waals surface area contributed by atoms with E-state index in [4.69, 9.17) is 0 Å². The quantitative estimate of drug-likeness (QED) is 0.839. The molecule has 0 saturated carbocycles. The van der Waals surface area contributed by atoms with E-state index in [1.165, 1.54) is 6.42 Å². The first-order valence-electron chi connectivity index (χ1n) is 6.40. The molecule has 0 radical (unpaired) electrons. The molecule has 108 valence electrons. The Morgan fingerprint density at radius 2 is 2.42 bits per heavy atom. The standard InChI is InChI=1S/C13H19BrN2OS.ClH/c1-9(11-2-3-12(14)18-11)13(17)16-7-5-10-4-6-15-8-10;/h2-3,9-10,15H,4-8H2,1H3,(H,16,17);1H. The Hall–Kier alpha value is -0.100. The molecule has 3 nitrogen and oxygen atoms in total. The van der Waals surface area contributed by atoms with Gasteiger partial charge in [0.1, 0.15) is 0 Å². The molecule has 0 bridgehead atoms. The third-order valence-corrected chi connectivity index (χ3v) is 5.23. The van der Waals surface area contributed by atoms with E-state index in [9.17, 15) is 4.79 Å². The van der Waals surface area contributed by atoms with Gasteiger partial charge in [-0.05, 0) is 66.8 Å². The van der Waals surface area contributed by atoms with Crippen LogP contribution in [0.25, 0.3) is 0 Å². The van der Waals surface area contributed by atoms with E-state index in [0.717, 1.165) is 40.6 Å². The van der Waals surface area contributed by atoms with Crippen LogP contribution in [0.3, 0.4) is 0 Å². The van der Waals surface area contributed by atoms with Crippen LogP contribution in [0.4, 0.5) is 0 Å². The van der Waals surface area contributed by atoms with Gasteiger partial charge in [-0.1, -0.05) is 0 Å². The fourth-order valence-electron chi connectivity index (χ4n) is 2.20. The second-order valence-electron chi connectivity index (χ2n) is 4.80. The molecule has 2 N–H and O–H groups in total. The Morgan fingerprint density at radius 1 is 1.63 bits per heavy atom. The lowest BCUT2D eigenvalue weighted by Gasteiger charge is -2.12. The van der Waals surface area contributed by atoms with Gasteiger partial charge in [0.15, 0.2) is 0 Å². The molecule has 1 fully saturated rings. The monoisotopic (exact) mass is 366 g/mol. The van der Waals surface area contributed by atoms with Crippen molar-refractivity contribution in [2.75, 3.05) is 19.6 Å². The van der Waals surface area contributed by atoms with Crippen LogP contribution >= 0.6 is 39.7 Å². The van der Waals surface area contributed by atoms with Crippen molar-refractivity contribution in [2.24, 2.45) is 5.92 Å². The van der Waals surface area contributed by atoms with Gasteiger partial charge < -0.3 is 10.6 Å². The number of hydrogen-bond donors (Lipinski definition) is 2. The Balaban J connectivity index is 0.00000180. The fraction of sp³-hybridized carbons (Fsp3) is 0.615. The molecule has 19 heavy (non-hydrogen) atoms. The van der Waals surface area contributed by atoms with Crippen molar-refractivity contribution in [3.05, 3.63) is 20.8 Å². The maximum Gasteiger partial charge on any atom is 0.228 e. The van der Waals surface area contributed by atoms with Gasteiger partial charge in [0, 0.05) is 11.4 Å². The van der Waals surface area contributed by atoms with Crippen LogP contribution in [0.1, 0.15) is 30.6 Å². The molecule has 0 aliphatic carbocycles. The minimum Gasteiger partial charge on any atom is -0.356 e. The summed E-state index contributed by atoms with van der Waals surface area (Å²) < 4.78 is 1.08. The van der Waals surface area contributed by atoms with Crippen LogP contribution in [-0.2, 0) is 4.79 Å². The number of thiophene rings is 1. The van der Waals surface area contributed by atoms with Crippen LogP contribution < -0.4 is 10.6 Å². The van der Waals surface area contributed by atoms with Crippen molar-refractivity contribution in [1.82, 2.24) is 10.6 Å². The molecule has 1 aromatic heterocycles. The molecule has 2 rings (SSSR count). The average Bonchev–Trinajstić information content (AvgIpc) is 2.99. The third-order valence-electron chi connectivity index (χ3n) is 3.43. The number of hydrogen-bond acceptors (Lipinski definition) is 3. The van der Waals surface area contributed by atoms with Gasteiger partial charge in [0.05, 0.1) is 9.70 Å². The maximum atomic E-state index is 12.0. The highest BCUT2D eigenvalue weighted by atomic mass is 79.9. The molecule has 1 saturated heterocycles. The van der Waals surface area contributed by atoms with Crippen molar-refractivity contribution in [1.29, 1.82) is 0 Å². The smallest absolute Gasteiger partial charge is 0.228 e. The number of carbonyl (C=O) groups excluding carboxylic acids is 1. The van der Waals surface area contributed by atoms with Crippen molar-refractivity contribution in [2.45, 2.75) is 25.7 Å². The Kier molecular flexibility index (Phi) is 7.36. The van der Waals surface area contributed by atoms with E-state index >= 15 is 0 Å². The van der Waals surface area contributed by atoms with Crippen molar-refractivity contribution in [3.63, 3.8) is 0 Å². The maximum absolute atomic E-state index is 12.0. The molecule has 1 aromatic rings. The lowest BCUT2D eigenvalue weighted by molar-refractivity contribution is -0.122. The lowest BCUT2D eigenvalue weighted by atomic mass is 10.0. The van der Waals surface area contributed by atoms with Gasteiger partial charge in [-0.3, -0.25) is 4.79 Å². The highest BCUT2D eigenvalue weighted by molar-refractivity contribution is 9.11. The number of carbonyl (C=O) groups is 1. The molecule has 1 aliphatic heterocycles. The van der Waals surface area contributed by atoms with Gasteiger partial charge in [0.2, 0.25) is 5.91 Å². The first-order chi connectivity index (χ1) is 8.66.